The molecule has 0 aromatic heterocycles. The average Bonchev–Trinajstić information content (AvgIpc) is 2.72. The van der Waals surface area contributed by atoms with Crippen molar-refractivity contribution in [3.8, 4) is 0 Å². The Morgan fingerprint density at radius 1 is 0.341 bits per heavy atom. The summed E-state index contributed by atoms with van der Waals surface area (Å²) in [6, 6.07) is 0. The molecule has 6 atom stereocenters. The average molecular weight is 674 g/mol. The first kappa shape index (κ1) is 39.3. The summed E-state index contributed by atoms with van der Waals surface area (Å²) in [7, 11) is 0. The summed E-state index contributed by atoms with van der Waals surface area (Å²) < 4.78 is 315. The normalized spacial score (nSPS) is 19.9. The molecule has 0 bridgehead atoms. The van der Waals surface area contributed by atoms with Crippen molar-refractivity contribution < 1.29 is 110 Å². The van der Waals surface area contributed by atoms with Gasteiger partial charge in [0.1, 0.15) is 12.2 Å². The van der Waals surface area contributed by atoms with Crippen LogP contribution in [0.5, 0.6) is 0 Å². The molecule has 25 heteroatoms. The molecule has 0 amide bonds. The van der Waals surface area contributed by atoms with Crippen molar-refractivity contribution in [2.45, 2.75) is 98.1 Å². The van der Waals surface area contributed by atoms with E-state index in [2.05, 4.69) is 4.74 Å². The van der Waals surface area contributed by atoms with Gasteiger partial charge in [0.25, 0.3) is 36.5 Å². The van der Waals surface area contributed by atoms with E-state index < -0.39 is 98.1 Å². The zero-order chi connectivity index (χ0) is 33.6. The molecule has 0 heterocycles. The molecule has 0 saturated heterocycles. The number of rotatable bonds is 12. The molecule has 0 aromatic carbocycles. The minimum Gasteiger partial charge on any atom is -0.362 e. The van der Waals surface area contributed by atoms with Crippen LogP contribution in [0.15, 0.2) is 0 Å². The second-order valence-corrected chi connectivity index (χ2v) is 8.01. The van der Waals surface area contributed by atoms with Crippen molar-refractivity contribution in [3.05, 3.63) is 0 Å². The Hall–Kier alpha value is -1.72. The van der Waals surface area contributed by atoms with Gasteiger partial charge in [-0.3, -0.25) is 0 Å². The van der Waals surface area contributed by atoms with Crippen LogP contribution in [0.3, 0.4) is 0 Å². The highest BCUT2D eigenvalue weighted by atomic mass is 19.4. The number of hydrogen-bond acceptors (Lipinski definition) is 1. The first-order valence-electron chi connectivity index (χ1n) is 9.53. The third-order valence-electron chi connectivity index (χ3n) is 4.67. The SMILES string of the molecule is FC(C(F)(F)F)C(F)(F)CC(OC(CC(F)(F)C(F)C(F)(F)F)C(F)(F)C(F)C(F)(F)F)C(F)(F)C(F)C(F)(F)F. The molecule has 0 aliphatic rings. The van der Waals surface area contributed by atoms with E-state index in [0.717, 1.165) is 0 Å². The van der Waals surface area contributed by atoms with E-state index in [-0.39, 0.29) is 0 Å². The highest BCUT2D eigenvalue weighted by Gasteiger charge is 2.70. The summed E-state index contributed by atoms with van der Waals surface area (Å²) in [5.74, 6) is -27.5. The number of ether oxygens (including phenoxy) is 1. The van der Waals surface area contributed by atoms with Crippen LogP contribution in [-0.4, -0.2) is 85.3 Å². The molecular weight excluding hydrogens is 664 g/mol. The Morgan fingerprint density at radius 3 is 0.707 bits per heavy atom. The van der Waals surface area contributed by atoms with E-state index in [1.165, 1.54) is 0 Å². The minimum atomic E-state index is -7.08. The summed E-state index contributed by atoms with van der Waals surface area (Å²) >= 11 is 0. The Bertz CT molecular complexity index is 767. The van der Waals surface area contributed by atoms with Crippen LogP contribution in [0.1, 0.15) is 12.8 Å². The van der Waals surface area contributed by atoms with Gasteiger partial charge in [0, 0.05) is 12.8 Å². The van der Waals surface area contributed by atoms with Gasteiger partial charge in [-0.15, -0.1) is 0 Å². The van der Waals surface area contributed by atoms with Gasteiger partial charge in [-0.05, 0) is 0 Å². The molecule has 0 aromatic rings. The minimum absolute atomic E-state index is 2.80. The predicted molar refractivity (Wildman–Crippen MR) is 81.5 cm³/mol. The lowest BCUT2D eigenvalue weighted by atomic mass is 9.94. The summed E-state index contributed by atoms with van der Waals surface area (Å²) in [4.78, 5) is 0. The lowest BCUT2D eigenvalue weighted by Gasteiger charge is -2.39. The molecule has 0 aliphatic carbocycles. The van der Waals surface area contributed by atoms with Gasteiger partial charge in [-0.2, -0.15) is 52.7 Å². The maximum atomic E-state index is 14.1. The molecule has 0 aliphatic heterocycles. The molecule has 0 spiro atoms. The number of halogens is 24. The molecule has 1 nitrogen and oxygen atoms in total. The molecule has 0 saturated carbocycles. The van der Waals surface area contributed by atoms with E-state index in [1.54, 1.807) is 0 Å². The van der Waals surface area contributed by atoms with Crippen LogP contribution in [0.4, 0.5) is 105 Å². The van der Waals surface area contributed by atoms with Gasteiger partial charge in [-0.1, -0.05) is 0 Å². The van der Waals surface area contributed by atoms with Crippen LogP contribution in [-0.2, 0) is 4.74 Å². The summed E-state index contributed by atoms with van der Waals surface area (Å²) in [5, 5.41) is 0. The second-order valence-electron chi connectivity index (χ2n) is 8.01. The van der Waals surface area contributed by atoms with Crippen molar-refractivity contribution in [2.75, 3.05) is 0 Å². The summed E-state index contributed by atoms with van der Waals surface area (Å²) in [6.07, 6.45) is -70.9. The van der Waals surface area contributed by atoms with E-state index in [1.807, 2.05) is 0 Å². The highest BCUT2D eigenvalue weighted by Crippen LogP contribution is 2.49. The van der Waals surface area contributed by atoms with Crippen molar-refractivity contribution in [1.29, 1.82) is 0 Å². The Kier molecular flexibility index (Phi) is 11.3. The smallest absolute Gasteiger partial charge is 0.362 e. The van der Waals surface area contributed by atoms with Crippen LogP contribution in [0, 0.1) is 0 Å². The van der Waals surface area contributed by atoms with Gasteiger partial charge in [0.05, 0.1) is 0 Å². The lowest BCUT2D eigenvalue weighted by Crippen LogP contribution is -2.59. The van der Waals surface area contributed by atoms with Crippen LogP contribution in [0.2, 0.25) is 0 Å². The van der Waals surface area contributed by atoms with Crippen LogP contribution in [0.25, 0.3) is 0 Å². The zero-order valence-corrected chi connectivity index (χ0v) is 18.4. The third kappa shape index (κ3) is 9.64. The van der Waals surface area contributed by atoms with Gasteiger partial charge in [-0.25, -0.2) is 52.7 Å². The van der Waals surface area contributed by atoms with Gasteiger partial charge in [0.15, 0.2) is 0 Å². The maximum absolute atomic E-state index is 14.1. The van der Waals surface area contributed by atoms with Gasteiger partial charge >= 0.3 is 36.6 Å². The molecule has 6 unspecified atom stereocenters. The molecule has 0 N–H and O–H groups in total. The third-order valence-corrected chi connectivity index (χ3v) is 4.67. The van der Waals surface area contributed by atoms with Gasteiger partial charge in [0.2, 0.25) is 0 Å². The fraction of sp³-hybridized carbons (Fsp3) is 1.00. The van der Waals surface area contributed by atoms with Crippen molar-refractivity contribution in [3.63, 3.8) is 0 Å². The van der Waals surface area contributed by atoms with E-state index >= 15 is 0 Å². The molecule has 41 heavy (non-hydrogen) atoms. The van der Waals surface area contributed by atoms with E-state index in [0.29, 0.717) is 0 Å². The molecule has 248 valence electrons. The fourth-order valence-electron chi connectivity index (χ4n) is 2.69. The summed E-state index contributed by atoms with van der Waals surface area (Å²) in [5.41, 5.74) is 0. The largest absolute Gasteiger partial charge is 0.425 e. The topological polar surface area (TPSA) is 9.23 Å². The Balaban J connectivity index is 7.20. The molecule has 0 fully saturated rings. The standard InChI is InChI=1S/C16H10F24O/c17-5(13(29,30)31)9(21,22)1-3(11(25,26)7(19)15(35,36)37)41-4(12(27,28)8(20)16(38,39)40)2-10(23,24)6(18)14(32,33)34/h3-8H,1-2H2. The quantitative estimate of drug-likeness (QED) is 0.189. The van der Waals surface area contributed by atoms with Crippen LogP contribution >= 0.6 is 0 Å². The first-order chi connectivity index (χ1) is 17.5. The van der Waals surface area contributed by atoms with E-state index in [9.17, 15) is 105 Å². The monoisotopic (exact) mass is 674 g/mol. The van der Waals surface area contributed by atoms with Crippen molar-refractivity contribution >= 4 is 0 Å². The lowest BCUT2D eigenvalue weighted by molar-refractivity contribution is -0.329. The number of hydrogen-bond donors (Lipinski definition) is 0. The molecule has 0 radical (unpaired) electrons. The van der Waals surface area contributed by atoms with Crippen molar-refractivity contribution in [1.82, 2.24) is 0 Å². The Morgan fingerprint density at radius 2 is 0.537 bits per heavy atom. The molecule has 0 rings (SSSR count). The Labute approximate surface area is 209 Å². The van der Waals surface area contributed by atoms with Gasteiger partial charge < -0.3 is 4.74 Å². The predicted octanol–water partition coefficient (Wildman–Crippen LogP) is 8.66. The zero-order valence-electron chi connectivity index (χ0n) is 18.4. The first-order valence-corrected chi connectivity index (χ1v) is 9.53. The maximum Gasteiger partial charge on any atom is 0.425 e. The second kappa shape index (κ2) is 11.8. The van der Waals surface area contributed by atoms with Crippen LogP contribution < -0.4 is 0 Å². The fourth-order valence-corrected chi connectivity index (χ4v) is 2.69. The van der Waals surface area contributed by atoms with E-state index in [4.69, 9.17) is 0 Å². The number of alkyl halides is 24. The van der Waals surface area contributed by atoms with Crippen molar-refractivity contribution in [2.24, 2.45) is 0 Å². The highest BCUT2D eigenvalue weighted by molar-refractivity contribution is 5.00. The summed E-state index contributed by atoms with van der Waals surface area (Å²) in [6.45, 7) is 0. The molecular formula is C16H10F24O.